The molecule has 1 unspecified atom stereocenters. The van der Waals surface area contributed by atoms with Crippen LogP contribution in [0, 0.1) is 13.8 Å². The van der Waals surface area contributed by atoms with E-state index in [1.165, 1.54) is 11.1 Å². The van der Waals surface area contributed by atoms with Crippen LogP contribution in [0.5, 0.6) is 0 Å². The van der Waals surface area contributed by atoms with Crippen LogP contribution in [0.15, 0.2) is 35.4 Å². The highest BCUT2D eigenvalue weighted by Gasteiger charge is 2.12. The Morgan fingerprint density at radius 2 is 1.70 bits per heavy atom. The van der Waals surface area contributed by atoms with Crippen molar-refractivity contribution in [2.45, 2.75) is 46.3 Å². The minimum absolute atomic E-state index is 0.000162. The van der Waals surface area contributed by atoms with Crippen LogP contribution in [-0.4, -0.2) is 9.13 Å². The first kappa shape index (κ1) is 14.6. The van der Waals surface area contributed by atoms with Crippen LogP contribution in [0.4, 0.5) is 0 Å². The van der Waals surface area contributed by atoms with Gasteiger partial charge in [-0.05, 0) is 33.3 Å². The van der Waals surface area contributed by atoms with Crippen LogP contribution in [0.25, 0.3) is 0 Å². The lowest BCUT2D eigenvalue weighted by Gasteiger charge is -2.14. The van der Waals surface area contributed by atoms with E-state index in [0.29, 0.717) is 6.54 Å². The van der Waals surface area contributed by atoms with Crippen molar-refractivity contribution in [1.82, 2.24) is 9.13 Å². The Labute approximate surface area is 119 Å². The van der Waals surface area contributed by atoms with E-state index in [0.717, 1.165) is 5.56 Å². The van der Waals surface area contributed by atoms with Crippen molar-refractivity contribution >= 4 is 0 Å². The molecular formula is C16H23N3O. The number of rotatable bonds is 4. The van der Waals surface area contributed by atoms with Gasteiger partial charge in [-0.2, -0.15) is 0 Å². The van der Waals surface area contributed by atoms with Crippen molar-refractivity contribution < 1.29 is 0 Å². The average Bonchev–Trinajstić information content (AvgIpc) is 2.70. The highest BCUT2D eigenvalue weighted by atomic mass is 16.1. The average molecular weight is 273 g/mol. The number of nitrogens with two attached hydrogens (primary N) is 1. The van der Waals surface area contributed by atoms with Gasteiger partial charge in [0.25, 0.3) is 0 Å². The smallest absolute Gasteiger partial charge is 0.322 e. The highest BCUT2D eigenvalue weighted by Crippen LogP contribution is 2.16. The molecule has 2 N–H and O–H groups in total. The molecule has 0 aliphatic rings. The van der Waals surface area contributed by atoms with E-state index in [-0.39, 0.29) is 17.8 Å². The maximum Gasteiger partial charge on any atom is 0.328 e. The van der Waals surface area contributed by atoms with Gasteiger partial charge in [-0.3, -0.25) is 9.13 Å². The van der Waals surface area contributed by atoms with Gasteiger partial charge in [-0.25, -0.2) is 4.79 Å². The van der Waals surface area contributed by atoms with Crippen LogP contribution in [0.2, 0.25) is 0 Å². The van der Waals surface area contributed by atoms with Crippen molar-refractivity contribution in [1.29, 1.82) is 0 Å². The third-order valence-corrected chi connectivity index (χ3v) is 3.50. The Kier molecular flexibility index (Phi) is 4.14. The second kappa shape index (κ2) is 5.67. The number of aromatic nitrogens is 2. The van der Waals surface area contributed by atoms with Gasteiger partial charge < -0.3 is 5.73 Å². The van der Waals surface area contributed by atoms with Gasteiger partial charge in [0.05, 0.1) is 0 Å². The molecule has 1 atom stereocenters. The number of hydrogen-bond donors (Lipinski definition) is 1. The molecule has 1 heterocycles. The fourth-order valence-electron chi connectivity index (χ4n) is 2.50. The zero-order chi connectivity index (χ0) is 14.9. The first-order chi connectivity index (χ1) is 9.38. The van der Waals surface area contributed by atoms with Gasteiger partial charge in [0.1, 0.15) is 0 Å². The fourth-order valence-corrected chi connectivity index (χ4v) is 2.50. The van der Waals surface area contributed by atoms with Gasteiger partial charge in [-0.15, -0.1) is 0 Å². The molecule has 2 rings (SSSR count). The second-order valence-electron chi connectivity index (χ2n) is 5.76. The first-order valence-electron chi connectivity index (χ1n) is 6.99. The zero-order valence-electron chi connectivity index (χ0n) is 12.6. The van der Waals surface area contributed by atoms with Gasteiger partial charge in [0.2, 0.25) is 0 Å². The van der Waals surface area contributed by atoms with Crippen molar-refractivity contribution in [2.75, 3.05) is 0 Å². The van der Waals surface area contributed by atoms with E-state index in [4.69, 9.17) is 5.73 Å². The Bertz CT molecular complexity index is 632. The molecule has 4 nitrogen and oxygen atoms in total. The van der Waals surface area contributed by atoms with E-state index >= 15 is 0 Å². The summed E-state index contributed by atoms with van der Waals surface area (Å²) in [7, 11) is 0. The van der Waals surface area contributed by atoms with Crippen LogP contribution < -0.4 is 11.4 Å². The van der Waals surface area contributed by atoms with Crippen LogP contribution >= 0.6 is 0 Å². The summed E-state index contributed by atoms with van der Waals surface area (Å²) in [5.74, 6) is 0. The van der Waals surface area contributed by atoms with Gasteiger partial charge >= 0.3 is 5.69 Å². The number of benzene rings is 1. The lowest BCUT2D eigenvalue weighted by molar-refractivity contribution is 0.519. The summed E-state index contributed by atoms with van der Waals surface area (Å²) in [5.41, 5.74) is 9.72. The standard InChI is InChI=1S/C16H23N3O/c1-11(2)19-6-5-18(16(19)20)10-15(17)14-8-12(3)7-13(4)9-14/h5-9,11,15H,10,17H2,1-4H3. The third-order valence-electron chi connectivity index (χ3n) is 3.50. The molecule has 0 aliphatic carbocycles. The van der Waals surface area contributed by atoms with E-state index < -0.39 is 0 Å². The normalized spacial score (nSPS) is 12.9. The Morgan fingerprint density at radius 3 is 2.20 bits per heavy atom. The minimum atomic E-state index is -0.172. The molecule has 0 fully saturated rings. The summed E-state index contributed by atoms with van der Waals surface area (Å²) in [6.07, 6.45) is 3.63. The third kappa shape index (κ3) is 3.02. The van der Waals surface area contributed by atoms with Crippen LogP contribution in [0.3, 0.4) is 0 Å². The summed E-state index contributed by atoms with van der Waals surface area (Å²) in [6, 6.07) is 6.29. The Morgan fingerprint density at radius 1 is 1.10 bits per heavy atom. The lowest BCUT2D eigenvalue weighted by atomic mass is 10.0. The Hall–Kier alpha value is -1.81. The SMILES string of the molecule is Cc1cc(C)cc(C(N)Cn2ccn(C(C)C)c2=O)c1. The monoisotopic (exact) mass is 273 g/mol. The van der Waals surface area contributed by atoms with Gasteiger partial charge in [-0.1, -0.05) is 29.3 Å². The molecule has 0 bridgehead atoms. The first-order valence-corrected chi connectivity index (χ1v) is 6.99. The molecule has 20 heavy (non-hydrogen) atoms. The Balaban J connectivity index is 2.23. The van der Waals surface area contributed by atoms with Crippen molar-refractivity contribution in [3.05, 3.63) is 57.8 Å². The second-order valence-corrected chi connectivity index (χ2v) is 5.76. The van der Waals surface area contributed by atoms with E-state index in [1.54, 1.807) is 9.13 Å². The molecule has 0 saturated carbocycles. The van der Waals surface area contributed by atoms with E-state index in [1.807, 2.05) is 26.2 Å². The topological polar surface area (TPSA) is 52.9 Å². The summed E-state index contributed by atoms with van der Waals surface area (Å²) in [4.78, 5) is 12.2. The predicted octanol–water partition coefficient (Wildman–Crippen LogP) is 2.55. The molecule has 1 aromatic carbocycles. The molecule has 0 aliphatic heterocycles. The number of imidazole rings is 1. The van der Waals surface area contributed by atoms with Crippen LogP contribution in [0.1, 0.15) is 42.6 Å². The maximum absolute atomic E-state index is 12.2. The molecule has 0 amide bonds. The summed E-state index contributed by atoms with van der Waals surface area (Å²) >= 11 is 0. The number of nitrogens with zero attached hydrogens (tertiary/aromatic N) is 2. The molecule has 1 aromatic heterocycles. The number of hydrogen-bond acceptors (Lipinski definition) is 2. The predicted molar refractivity (Wildman–Crippen MR) is 81.9 cm³/mol. The van der Waals surface area contributed by atoms with Gasteiger partial charge in [0, 0.05) is 31.0 Å². The van der Waals surface area contributed by atoms with Gasteiger partial charge in [0.15, 0.2) is 0 Å². The quantitative estimate of drug-likeness (QED) is 0.930. The zero-order valence-corrected chi connectivity index (χ0v) is 12.6. The summed E-state index contributed by atoms with van der Waals surface area (Å²) in [5, 5.41) is 0. The molecule has 0 spiro atoms. The van der Waals surface area contributed by atoms with E-state index in [2.05, 4.69) is 32.0 Å². The molecule has 0 saturated heterocycles. The summed E-state index contributed by atoms with van der Waals surface area (Å²) in [6.45, 7) is 8.61. The molecular weight excluding hydrogens is 250 g/mol. The fraction of sp³-hybridized carbons (Fsp3) is 0.438. The highest BCUT2D eigenvalue weighted by molar-refractivity contribution is 5.30. The molecule has 0 radical (unpaired) electrons. The molecule has 2 aromatic rings. The van der Waals surface area contributed by atoms with Crippen LogP contribution in [-0.2, 0) is 6.54 Å². The number of aryl methyl sites for hydroxylation is 2. The van der Waals surface area contributed by atoms with Crippen molar-refractivity contribution in [3.63, 3.8) is 0 Å². The summed E-state index contributed by atoms with van der Waals surface area (Å²) < 4.78 is 3.40. The van der Waals surface area contributed by atoms with Crippen molar-refractivity contribution in [2.24, 2.45) is 5.73 Å². The van der Waals surface area contributed by atoms with E-state index in [9.17, 15) is 4.79 Å². The molecule has 108 valence electrons. The molecule has 4 heteroatoms. The minimum Gasteiger partial charge on any atom is -0.322 e. The van der Waals surface area contributed by atoms with Crippen molar-refractivity contribution in [3.8, 4) is 0 Å². The largest absolute Gasteiger partial charge is 0.328 e. The lowest BCUT2D eigenvalue weighted by Crippen LogP contribution is -2.29. The maximum atomic E-state index is 12.2.